The zero-order chi connectivity index (χ0) is 22.9. The molecule has 0 radical (unpaired) electrons. The summed E-state index contributed by atoms with van der Waals surface area (Å²) in [5.74, 6) is 2.06. The van der Waals surface area contributed by atoms with Gasteiger partial charge in [0.25, 0.3) is 0 Å². The number of benzene rings is 1. The van der Waals surface area contributed by atoms with Crippen molar-refractivity contribution in [2.45, 2.75) is 19.8 Å². The lowest BCUT2D eigenvalue weighted by molar-refractivity contribution is -0.131. The van der Waals surface area contributed by atoms with Gasteiger partial charge in [0, 0.05) is 58.4 Å². The van der Waals surface area contributed by atoms with Crippen LogP contribution in [0, 0.1) is 0 Å². The highest BCUT2D eigenvalue weighted by Gasteiger charge is 2.22. The molecule has 7 heteroatoms. The Hall–Kier alpha value is -3.35. The van der Waals surface area contributed by atoms with Crippen LogP contribution in [0.25, 0.3) is 5.57 Å². The van der Waals surface area contributed by atoms with E-state index in [1.54, 1.807) is 0 Å². The van der Waals surface area contributed by atoms with Gasteiger partial charge in [-0.05, 0) is 36.6 Å². The molecule has 4 rings (SSSR count). The number of carbonyl (C=O) groups excluding carboxylic acids is 1. The quantitative estimate of drug-likeness (QED) is 0.546. The summed E-state index contributed by atoms with van der Waals surface area (Å²) in [5.41, 5.74) is 2.69. The second-order valence-electron chi connectivity index (χ2n) is 8.33. The molecule has 0 unspecified atom stereocenters. The van der Waals surface area contributed by atoms with Crippen LogP contribution < -0.4 is 10.2 Å². The van der Waals surface area contributed by atoms with Gasteiger partial charge in [0.05, 0.1) is 6.54 Å². The highest BCUT2D eigenvalue weighted by molar-refractivity contribution is 5.82. The number of rotatable bonds is 6. The number of hydrogen-bond acceptors (Lipinski definition) is 4. The van der Waals surface area contributed by atoms with Gasteiger partial charge >= 0.3 is 0 Å². The molecule has 7 nitrogen and oxygen atoms in total. The van der Waals surface area contributed by atoms with E-state index >= 15 is 0 Å². The highest BCUT2D eigenvalue weighted by Crippen LogP contribution is 2.22. The number of aliphatic imine (C=N–C) groups is 1. The Balaban J connectivity index is 1.26. The zero-order valence-electron chi connectivity index (χ0n) is 19.5. The summed E-state index contributed by atoms with van der Waals surface area (Å²) < 4.78 is 0. The minimum Gasteiger partial charge on any atom is -0.357 e. The molecule has 174 valence electrons. The van der Waals surface area contributed by atoms with Gasteiger partial charge in [0.15, 0.2) is 5.96 Å². The van der Waals surface area contributed by atoms with Gasteiger partial charge in [-0.25, -0.2) is 4.98 Å². The van der Waals surface area contributed by atoms with E-state index in [4.69, 9.17) is 4.99 Å². The van der Waals surface area contributed by atoms with Crippen LogP contribution in [0.4, 0.5) is 5.82 Å². The molecular formula is C26H34N6O. The second-order valence-corrected chi connectivity index (χ2v) is 8.33. The van der Waals surface area contributed by atoms with Crippen molar-refractivity contribution in [2.24, 2.45) is 4.99 Å². The molecule has 1 saturated heterocycles. The number of guanidine groups is 1. The zero-order valence-corrected chi connectivity index (χ0v) is 19.5. The smallest absolute Gasteiger partial charge is 0.224 e. The summed E-state index contributed by atoms with van der Waals surface area (Å²) in [6, 6.07) is 16.5. The van der Waals surface area contributed by atoms with Crippen LogP contribution >= 0.6 is 0 Å². The standard InChI is InChI=1S/C26H34N6O/c1-2-27-26(32-16-12-23(13-17-32)22-8-4-3-5-9-22)29-15-11-25(33)31-20-18-30(19-21-31)24-10-6-7-14-28-24/h3-10,12,14H,2,11,13,15-21H2,1H3,(H,27,29). The second kappa shape index (κ2) is 11.5. The Labute approximate surface area is 196 Å². The molecule has 1 N–H and O–H groups in total. The Morgan fingerprint density at radius 3 is 2.45 bits per heavy atom. The van der Waals surface area contributed by atoms with Gasteiger partial charge in [-0.3, -0.25) is 9.79 Å². The minimum atomic E-state index is 0.181. The third-order valence-corrected chi connectivity index (χ3v) is 6.18. The third kappa shape index (κ3) is 6.12. The van der Waals surface area contributed by atoms with Crippen LogP contribution in [0.2, 0.25) is 0 Å². The number of piperazine rings is 1. The van der Waals surface area contributed by atoms with Crippen LogP contribution in [-0.4, -0.2) is 79.0 Å². The number of anilines is 1. The van der Waals surface area contributed by atoms with Gasteiger partial charge in [-0.1, -0.05) is 42.5 Å². The average Bonchev–Trinajstić information content (AvgIpc) is 2.89. The fourth-order valence-corrected chi connectivity index (χ4v) is 4.34. The summed E-state index contributed by atoms with van der Waals surface area (Å²) in [7, 11) is 0. The summed E-state index contributed by atoms with van der Waals surface area (Å²) in [4.78, 5) is 28.4. The number of nitrogens with zero attached hydrogens (tertiary/aromatic N) is 5. The van der Waals surface area contributed by atoms with Gasteiger partial charge in [-0.2, -0.15) is 0 Å². The largest absolute Gasteiger partial charge is 0.357 e. The van der Waals surface area contributed by atoms with Crippen LogP contribution in [0.5, 0.6) is 0 Å². The highest BCUT2D eigenvalue weighted by atomic mass is 16.2. The van der Waals surface area contributed by atoms with Gasteiger partial charge in [0.2, 0.25) is 5.91 Å². The lowest BCUT2D eigenvalue weighted by Gasteiger charge is -2.35. The van der Waals surface area contributed by atoms with Gasteiger partial charge in [0.1, 0.15) is 5.82 Å². The Morgan fingerprint density at radius 2 is 1.79 bits per heavy atom. The molecule has 0 atom stereocenters. The van der Waals surface area contributed by atoms with Crippen LogP contribution in [0.3, 0.4) is 0 Å². The van der Waals surface area contributed by atoms with E-state index in [0.29, 0.717) is 13.0 Å². The Bertz CT molecular complexity index is 951. The third-order valence-electron chi connectivity index (χ3n) is 6.18. The van der Waals surface area contributed by atoms with Crippen molar-refractivity contribution in [2.75, 3.05) is 57.3 Å². The minimum absolute atomic E-state index is 0.181. The van der Waals surface area contributed by atoms with E-state index in [9.17, 15) is 4.79 Å². The number of amides is 1. The lowest BCUT2D eigenvalue weighted by atomic mass is 10.00. The number of nitrogens with one attached hydrogen (secondary N) is 1. The monoisotopic (exact) mass is 446 g/mol. The SMILES string of the molecule is CCNC(=NCCC(=O)N1CCN(c2ccccn2)CC1)N1CC=C(c2ccccc2)CC1. The first kappa shape index (κ1) is 22.8. The molecule has 1 fully saturated rings. The number of pyridine rings is 1. The normalized spacial score (nSPS) is 17.1. The molecule has 2 aromatic rings. The predicted octanol–water partition coefficient (Wildman–Crippen LogP) is 2.88. The average molecular weight is 447 g/mol. The van der Waals surface area contributed by atoms with E-state index in [2.05, 4.69) is 63.4 Å². The van der Waals surface area contributed by atoms with Crippen molar-refractivity contribution in [3.63, 3.8) is 0 Å². The molecule has 3 heterocycles. The van der Waals surface area contributed by atoms with E-state index in [-0.39, 0.29) is 5.91 Å². The summed E-state index contributed by atoms with van der Waals surface area (Å²) in [5, 5.41) is 3.39. The molecule has 2 aliphatic rings. The van der Waals surface area contributed by atoms with Crippen molar-refractivity contribution < 1.29 is 4.79 Å². The molecular weight excluding hydrogens is 412 g/mol. The summed E-state index contributed by atoms with van der Waals surface area (Å²) in [6.45, 7) is 8.27. The maximum Gasteiger partial charge on any atom is 0.224 e. The number of carbonyl (C=O) groups is 1. The van der Waals surface area contributed by atoms with Crippen LogP contribution in [0.15, 0.2) is 65.8 Å². The van der Waals surface area contributed by atoms with E-state index in [1.807, 2.05) is 29.3 Å². The first-order valence-electron chi connectivity index (χ1n) is 12.0. The number of hydrogen-bond donors (Lipinski definition) is 1. The molecule has 33 heavy (non-hydrogen) atoms. The first-order valence-corrected chi connectivity index (χ1v) is 12.0. The molecule has 1 amide bonds. The topological polar surface area (TPSA) is 64.1 Å². The fraction of sp³-hybridized carbons (Fsp3) is 0.423. The molecule has 0 saturated carbocycles. The van der Waals surface area contributed by atoms with E-state index < -0.39 is 0 Å². The lowest BCUT2D eigenvalue weighted by Crippen LogP contribution is -2.49. The van der Waals surface area contributed by atoms with Crippen LogP contribution in [0.1, 0.15) is 25.3 Å². The van der Waals surface area contributed by atoms with Crippen molar-refractivity contribution in [1.82, 2.24) is 20.1 Å². The summed E-state index contributed by atoms with van der Waals surface area (Å²) >= 11 is 0. The maximum absolute atomic E-state index is 12.7. The van der Waals surface area contributed by atoms with Gasteiger partial charge in [-0.15, -0.1) is 0 Å². The molecule has 1 aromatic carbocycles. The van der Waals surface area contributed by atoms with E-state index in [0.717, 1.165) is 64.0 Å². The molecule has 0 aliphatic carbocycles. The van der Waals surface area contributed by atoms with Crippen molar-refractivity contribution in [1.29, 1.82) is 0 Å². The first-order chi connectivity index (χ1) is 16.2. The predicted molar refractivity (Wildman–Crippen MR) is 134 cm³/mol. The molecule has 0 bridgehead atoms. The van der Waals surface area contributed by atoms with Crippen molar-refractivity contribution in [3.05, 3.63) is 66.4 Å². The molecule has 0 spiro atoms. The van der Waals surface area contributed by atoms with Crippen molar-refractivity contribution in [3.8, 4) is 0 Å². The number of aromatic nitrogens is 1. The van der Waals surface area contributed by atoms with Crippen molar-refractivity contribution >= 4 is 23.3 Å². The summed E-state index contributed by atoms with van der Waals surface area (Å²) in [6.07, 6.45) is 5.54. The fourth-order valence-electron chi connectivity index (χ4n) is 4.34. The van der Waals surface area contributed by atoms with E-state index in [1.165, 1.54) is 11.1 Å². The molecule has 1 aromatic heterocycles. The Kier molecular flexibility index (Phi) is 7.95. The van der Waals surface area contributed by atoms with Gasteiger partial charge < -0.3 is 20.0 Å². The molecule has 2 aliphatic heterocycles. The Morgan fingerprint density at radius 1 is 1.00 bits per heavy atom. The van der Waals surface area contributed by atoms with Crippen LogP contribution in [-0.2, 0) is 4.79 Å². The maximum atomic E-state index is 12.7.